The Morgan fingerprint density at radius 3 is 2.28 bits per heavy atom. The predicted molar refractivity (Wildman–Crippen MR) is 59.8 cm³/mol. The standard InChI is InChI=1S/C11H6ClF3N2O/c12-7-1-3-8(4-2-7)17-6-16-9(5-10(17)18)11(13,14)15/h1-6H. The van der Waals surface area contributed by atoms with Gasteiger partial charge in [-0.15, -0.1) is 0 Å². The smallest absolute Gasteiger partial charge is 0.269 e. The Balaban J connectivity index is 2.48. The molecule has 0 aliphatic heterocycles. The summed E-state index contributed by atoms with van der Waals surface area (Å²) in [6.07, 6.45) is -3.79. The van der Waals surface area contributed by atoms with Crippen LogP contribution in [0.4, 0.5) is 13.2 Å². The van der Waals surface area contributed by atoms with Gasteiger partial charge >= 0.3 is 6.18 Å². The van der Waals surface area contributed by atoms with E-state index in [4.69, 9.17) is 11.6 Å². The minimum absolute atomic E-state index is 0.394. The van der Waals surface area contributed by atoms with E-state index in [0.717, 1.165) is 10.9 Å². The highest BCUT2D eigenvalue weighted by atomic mass is 35.5. The predicted octanol–water partition coefficient (Wildman–Crippen LogP) is 2.90. The minimum atomic E-state index is -4.63. The van der Waals surface area contributed by atoms with Crippen LogP contribution in [0.3, 0.4) is 0 Å². The Morgan fingerprint density at radius 1 is 1.17 bits per heavy atom. The lowest BCUT2D eigenvalue weighted by Crippen LogP contribution is -2.22. The molecule has 18 heavy (non-hydrogen) atoms. The zero-order chi connectivity index (χ0) is 13.3. The Bertz CT molecular complexity index is 619. The van der Waals surface area contributed by atoms with Crippen molar-refractivity contribution in [2.24, 2.45) is 0 Å². The van der Waals surface area contributed by atoms with Gasteiger partial charge in [0.1, 0.15) is 6.33 Å². The third-order valence-corrected chi connectivity index (χ3v) is 2.46. The summed E-state index contributed by atoms with van der Waals surface area (Å²) < 4.78 is 38.0. The van der Waals surface area contributed by atoms with Crippen LogP contribution >= 0.6 is 11.6 Å². The summed E-state index contributed by atoms with van der Waals surface area (Å²) in [5.41, 5.74) is -1.62. The first kappa shape index (κ1) is 12.6. The first-order valence-corrected chi connectivity index (χ1v) is 5.17. The van der Waals surface area contributed by atoms with E-state index < -0.39 is 17.4 Å². The molecule has 0 saturated carbocycles. The fourth-order valence-electron chi connectivity index (χ4n) is 1.35. The molecule has 94 valence electrons. The molecule has 0 unspecified atom stereocenters. The quantitative estimate of drug-likeness (QED) is 0.801. The van der Waals surface area contributed by atoms with Crippen LogP contribution in [-0.4, -0.2) is 9.55 Å². The second-order valence-corrected chi connectivity index (χ2v) is 3.89. The van der Waals surface area contributed by atoms with Gasteiger partial charge in [-0.25, -0.2) is 4.98 Å². The summed E-state index contributed by atoms with van der Waals surface area (Å²) >= 11 is 5.67. The van der Waals surface area contributed by atoms with Crippen molar-refractivity contribution < 1.29 is 13.2 Å². The second-order valence-electron chi connectivity index (χ2n) is 3.46. The number of halogens is 4. The average molecular weight is 275 g/mol. The summed E-state index contributed by atoms with van der Waals surface area (Å²) in [4.78, 5) is 14.8. The molecular formula is C11H6ClF3N2O. The van der Waals surface area contributed by atoms with Gasteiger partial charge in [0, 0.05) is 11.1 Å². The second kappa shape index (κ2) is 4.45. The lowest BCUT2D eigenvalue weighted by atomic mass is 10.3. The van der Waals surface area contributed by atoms with E-state index in [9.17, 15) is 18.0 Å². The lowest BCUT2D eigenvalue weighted by Gasteiger charge is -2.08. The molecule has 0 fully saturated rings. The fourth-order valence-corrected chi connectivity index (χ4v) is 1.48. The molecule has 0 spiro atoms. The number of aromatic nitrogens is 2. The SMILES string of the molecule is O=c1cc(C(F)(F)F)ncn1-c1ccc(Cl)cc1. The van der Waals surface area contributed by atoms with Crippen molar-refractivity contribution in [3.05, 3.63) is 57.7 Å². The van der Waals surface area contributed by atoms with E-state index in [1.807, 2.05) is 0 Å². The Kier molecular flexibility index (Phi) is 3.13. The van der Waals surface area contributed by atoms with Gasteiger partial charge in [-0.2, -0.15) is 13.2 Å². The number of benzene rings is 1. The van der Waals surface area contributed by atoms with Crippen LogP contribution in [0.15, 0.2) is 41.5 Å². The number of alkyl halides is 3. The van der Waals surface area contributed by atoms with Gasteiger partial charge in [0.25, 0.3) is 5.56 Å². The van der Waals surface area contributed by atoms with Crippen LogP contribution in [-0.2, 0) is 6.18 Å². The molecule has 0 aliphatic rings. The monoisotopic (exact) mass is 274 g/mol. The molecule has 0 aliphatic carbocycles. The lowest BCUT2D eigenvalue weighted by molar-refractivity contribution is -0.141. The van der Waals surface area contributed by atoms with E-state index in [2.05, 4.69) is 4.98 Å². The van der Waals surface area contributed by atoms with E-state index in [0.29, 0.717) is 16.8 Å². The van der Waals surface area contributed by atoms with Crippen LogP contribution < -0.4 is 5.56 Å². The fraction of sp³-hybridized carbons (Fsp3) is 0.0909. The zero-order valence-corrected chi connectivity index (χ0v) is 9.53. The Morgan fingerprint density at radius 2 is 1.78 bits per heavy atom. The molecule has 0 amide bonds. The Labute approximate surface area is 104 Å². The summed E-state index contributed by atoms with van der Waals surface area (Å²) in [6.45, 7) is 0. The number of rotatable bonds is 1. The van der Waals surface area contributed by atoms with E-state index in [1.165, 1.54) is 24.3 Å². The van der Waals surface area contributed by atoms with E-state index in [-0.39, 0.29) is 0 Å². The molecule has 2 aromatic rings. The molecule has 2 rings (SSSR count). The first-order valence-electron chi connectivity index (χ1n) is 4.80. The molecule has 0 saturated heterocycles. The van der Waals surface area contributed by atoms with Crippen LogP contribution in [0, 0.1) is 0 Å². The van der Waals surface area contributed by atoms with Gasteiger partial charge in [0.15, 0.2) is 5.69 Å². The first-order chi connectivity index (χ1) is 8.38. The zero-order valence-electron chi connectivity index (χ0n) is 8.78. The molecule has 0 N–H and O–H groups in total. The highest BCUT2D eigenvalue weighted by molar-refractivity contribution is 6.30. The molecule has 0 bridgehead atoms. The van der Waals surface area contributed by atoms with Crippen molar-refractivity contribution >= 4 is 11.6 Å². The van der Waals surface area contributed by atoms with Gasteiger partial charge in [0.2, 0.25) is 0 Å². The highest BCUT2D eigenvalue weighted by Crippen LogP contribution is 2.26. The van der Waals surface area contributed by atoms with Crippen LogP contribution in [0.1, 0.15) is 5.69 Å². The maximum atomic E-state index is 12.3. The minimum Gasteiger partial charge on any atom is -0.269 e. The van der Waals surface area contributed by atoms with Gasteiger partial charge in [-0.3, -0.25) is 9.36 Å². The largest absolute Gasteiger partial charge is 0.433 e. The van der Waals surface area contributed by atoms with Gasteiger partial charge in [-0.1, -0.05) is 11.6 Å². The molecule has 1 aromatic carbocycles. The molecule has 1 aromatic heterocycles. The number of hydrogen-bond acceptors (Lipinski definition) is 2. The average Bonchev–Trinajstić information content (AvgIpc) is 2.29. The number of hydrogen-bond donors (Lipinski definition) is 0. The van der Waals surface area contributed by atoms with Crippen LogP contribution in [0.2, 0.25) is 5.02 Å². The Hall–Kier alpha value is -1.82. The van der Waals surface area contributed by atoms with Crippen molar-refractivity contribution in [3.63, 3.8) is 0 Å². The maximum Gasteiger partial charge on any atom is 0.433 e. The van der Waals surface area contributed by atoms with Crippen molar-refractivity contribution in [3.8, 4) is 5.69 Å². The van der Waals surface area contributed by atoms with Crippen molar-refractivity contribution in [1.29, 1.82) is 0 Å². The van der Waals surface area contributed by atoms with E-state index in [1.54, 1.807) is 0 Å². The summed E-state index contributed by atoms with van der Waals surface area (Å²) in [5.74, 6) is 0. The van der Waals surface area contributed by atoms with Crippen LogP contribution in [0.25, 0.3) is 5.69 Å². The summed E-state index contributed by atoms with van der Waals surface area (Å²) in [6, 6.07) is 6.54. The van der Waals surface area contributed by atoms with Crippen molar-refractivity contribution in [2.75, 3.05) is 0 Å². The third-order valence-electron chi connectivity index (χ3n) is 2.21. The molecule has 7 heteroatoms. The van der Waals surface area contributed by atoms with Gasteiger partial charge in [0.05, 0.1) is 5.69 Å². The van der Waals surface area contributed by atoms with E-state index >= 15 is 0 Å². The van der Waals surface area contributed by atoms with Crippen LogP contribution in [0.5, 0.6) is 0 Å². The third kappa shape index (κ3) is 2.53. The molecule has 0 radical (unpaired) electrons. The highest BCUT2D eigenvalue weighted by Gasteiger charge is 2.33. The molecule has 3 nitrogen and oxygen atoms in total. The van der Waals surface area contributed by atoms with Crippen molar-refractivity contribution in [2.45, 2.75) is 6.18 Å². The summed E-state index contributed by atoms with van der Waals surface area (Å²) in [5, 5.41) is 0.465. The topological polar surface area (TPSA) is 34.9 Å². The van der Waals surface area contributed by atoms with Gasteiger partial charge in [-0.05, 0) is 24.3 Å². The molecule has 1 heterocycles. The summed E-state index contributed by atoms with van der Waals surface area (Å²) in [7, 11) is 0. The van der Waals surface area contributed by atoms with Gasteiger partial charge < -0.3 is 0 Å². The number of nitrogens with zero attached hydrogens (tertiary/aromatic N) is 2. The normalized spacial score (nSPS) is 11.6. The maximum absolute atomic E-state index is 12.3. The van der Waals surface area contributed by atoms with Crippen molar-refractivity contribution in [1.82, 2.24) is 9.55 Å². The molecular weight excluding hydrogens is 269 g/mol. The molecule has 0 atom stereocenters.